The van der Waals surface area contributed by atoms with Crippen LogP contribution in [0.5, 0.6) is 0 Å². The average molecular weight is 243 g/mol. The molecule has 0 saturated carbocycles. The summed E-state index contributed by atoms with van der Waals surface area (Å²) >= 11 is 1.30. The third-order valence-corrected chi connectivity index (χ3v) is 2.93. The maximum absolute atomic E-state index is 11.5. The number of anilines is 1. The van der Waals surface area contributed by atoms with Crippen LogP contribution in [-0.2, 0) is 4.74 Å². The van der Waals surface area contributed by atoms with Crippen LogP contribution in [0, 0.1) is 6.92 Å². The Hall–Kier alpha value is -1.14. The molecule has 0 aromatic carbocycles. The number of nitrogens with zero attached hydrogens (tertiary/aromatic N) is 1. The molecule has 6 heteroatoms. The lowest BCUT2D eigenvalue weighted by molar-refractivity contribution is 0.0531. The number of aryl methyl sites for hydroxylation is 1. The molecule has 1 rings (SSSR count). The molecule has 0 radical (unpaired) electrons. The molecule has 3 N–H and O–H groups in total. The Balaban J connectivity index is 2.69. The van der Waals surface area contributed by atoms with E-state index in [9.17, 15) is 4.79 Å². The maximum atomic E-state index is 11.5. The van der Waals surface area contributed by atoms with Crippen LogP contribution in [0.2, 0.25) is 0 Å². The van der Waals surface area contributed by atoms with Gasteiger partial charge in [0.05, 0.1) is 12.3 Å². The van der Waals surface area contributed by atoms with Crippen molar-refractivity contribution in [3.63, 3.8) is 0 Å². The highest BCUT2D eigenvalue weighted by molar-refractivity contribution is 7.17. The van der Waals surface area contributed by atoms with Gasteiger partial charge in [0, 0.05) is 12.6 Å². The Bertz CT molecular complexity index is 363. The minimum absolute atomic E-state index is 0.0512. The van der Waals surface area contributed by atoms with Crippen LogP contribution < -0.4 is 11.1 Å². The molecule has 1 aromatic rings. The number of hydrogen-bond acceptors (Lipinski definition) is 6. The maximum Gasteiger partial charge on any atom is 0.350 e. The molecule has 1 aromatic heterocycles. The normalized spacial score (nSPS) is 12.2. The van der Waals surface area contributed by atoms with Crippen LogP contribution in [0.25, 0.3) is 0 Å². The average Bonchev–Trinajstić information content (AvgIpc) is 2.57. The fourth-order valence-corrected chi connectivity index (χ4v) is 1.97. The van der Waals surface area contributed by atoms with Gasteiger partial charge in [-0.05, 0) is 20.8 Å². The van der Waals surface area contributed by atoms with E-state index in [4.69, 9.17) is 10.5 Å². The summed E-state index contributed by atoms with van der Waals surface area (Å²) in [7, 11) is 0. The molecule has 0 fully saturated rings. The molecule has 90 valence electrons. The zero-order valence-electron chi connectivity index (χ0n) is 9.74. The highest BCUT2D eigenvalue weighted by Crippen LogP contribution is 2.23. The van der Waals surface area contributed by atoms with Crippen molar-refractivity contribution < 1.29 is 9.53 Å². The van der Waals surface area contributed by atoms with Gasteiger partial charge in [-0.1, -0.05) is 11.3 Å². The molecule has 0 aliphatic heterocycles. The van der Waals surface area contributed by atoms with Crippen LogP contribution in [0.3, 0.4) is 0 Å². The van der Waals surface area contributed by atoms with Crippen LogP contribution >= 0.6 is 11.3 Å². The Kier molecular flexibility index (Phi) is 4.70. The number of aromatic nitrogens is 1. The molecular weight excluding hydrogens is 226 g/mol. The first-order valence-corrected chi connectivity index (χ1v) is 6.00. The molecule has 0 aliphatic carbocycles. The zero-order valence-corrected chi connectivity index (χ0v) is 10.6. The Labute approximate surface area is 99.0 Å². The summed E-state index contributed by atoms with van der Waals surface area (Å²) in [6, 6.07) is 0.0512. The Morgan fingerprint density at radius 2 is 2.38 bits per heavy atom. The first-order valence-electron chi connectivity index (χ1n) is 5.18. The van der Waals surface area contributed by atoms with E-state index < -0.39 is 0 Å². The van der Waals surface area contributed by atoms with E-state index in [2.05, 4.69) is 10.3 Å². The lowest BCUT2D eigenvalue weighted by Gasteiger charge is -2.04. The fourth-order valence-electron chi connectivity index (χ4n) is 1.11. The van der Waals surface area contributed by atoms with Gasteiger partial charge >= 0.3 is 5.97 Å². The van der Waals surface area contributed by atoms with Gasteiger partial charge in [-0.2, -0.15) is 0 Å². The first-order chi connectivity index (χ1) is 7.54. The van der Waals surface area contributed by atoms with Crippen molar-refractivity contribution in [1.29, 1.82) is 0 Å². The van der Waals surface area contributed by atoms with E-state index in [0.29, 0.717) is 28.9 Å². The number of nitrogens with one attached hydrogen (secondary N) is 1. The molecule has 0 saturated heterocycles. The van der Waals surface area contributed by atoms with Crippen molar-refractivity contribution in [2.45, 2.75) is 26.8 Å². The summed E-state index contributed by atoms with van der Waals surface area (Å²) in [5.41, 5.74) is 6.31. The quantitative estimate of drug-likeness (QED) is 0.764. The van der Waals surface area contributed by atoms with Gasteiger partial charge in [-0.25, -0.2) is 9.78 Å². The van der Waals surface area contributed by atoms with Gasteiger partial charge in [-0.15, -0.1) is 0 Å². The second-order valence-electron chi connectivity index (χ2n) is 3.51. The summed E-state index contributed by atoms with van der Waals surface area (Å²) < 4.78 is 4.93. The minimum atomic E-state index is -0.314. The number of hydrogen-bond donors (Lipinski definition) is 2. The number of carbonyl (C=O) groups excluding carboxylic acids is 1. The van der Waals surface area contributed by atoms with E-state index in [1.165, 1.54) is 11.3 Å². The van der Waals surface area contributed by atoms with Crippen molar-refractivity contribution in [2.75, 3.05) is 18.5 Å². The highest BCUT2D eigenvalue weighted by atomic mass is 32.1. The third kappa shape index (κ3) is 3.46. The standard InChI is InChI=1S/C10H17N3O2S/c1-4-15-9(14)8-7(3)13-10(16-8)12-5-6(2)11/h6H,4-5,11H2,1-3H3,(H,12,13). The topological polar surface area (TPSA) is 77.2 Å². The van der Waals surface area contributed by atoms with E-state index >= 15 is 0 Å². The molecule has 1 unspecified atom stereocenters. The number of ether oxygens (including phenoxy) is 1. The third-order valence-electron chi connectivity index (χ3n) is 1.83. The van der Waals surface area contributed by atoms with Gasteiger partial charge < -0.3 is 15.8 Å². The molecule has 1 atom stereocenters. The predicted octanol–water partition coefficient (Wildman–Crippen LogP) is 1.39. The highest BCUT2D eigenvalue weighted by Gasteiger charge is 2.16. The number of thiazole rings is 1. The van der Waals surface area contributed by atoms with Gasteiger partial charge in [0.25, 0.3) is 0 Å². The van der Waals surface area contributed by atoms with E-state index in [-0.39, 0.29) is 12.0 Å². The van der Waals surface area contributed by atoms with Crippen molar-refractivity contribution in [2.24, 2.45) is 5.73 Å². The lowest BCUT2D eigenvalue weighted by atomic mass is 10.4. The molecule has 0 bridgehead atoms. The summed E-state index contributed by atoms with van der Waals surface area (Å²) in [4.78, 5) is 16.3. The number of rotatable bonds is 5. The van der Waals surface area contributed by atoms with Crippen molar-refractivity contribution in [1.82, 2.24) is 4.98 Å². The number of nitrogens with two attached hydrogens (primary N) is 1. The van der Waals surface area contributed by atoms with Gasteiger partial charge in [0.1, 0.15) is 4.88 Å². The molecule has 0 spiro atoms. The second-order valence-corrected chi connectivity index (χ2v) is 4.51. The van der Waals surface area contributed by atoms with Crippen molar-refractivity contribution >= 4 is 22.4 Å². The molecule has 5 nitrogen and oxygen atoms in total. The van der Waals surface area contributed by atoms with Crippen LogP contribution in [0.4, 0.5) is 5.13 Å². The first kappa shape index (κ1) is 12.9. The summed E-state index contributed by atoms with van der Waals surface area (Å²) in [5, 5.41) is 3.78. The summed E-state index contributed by atoms with van der Waals surface area (Å²) in [5.74, 6) is -0.314. The smallest absolute Gasteiger partial charge is 0.350 e. The van der Waals surface area contributed by atoms with Gasteiger partial charge in [-0.3, -0.25) is 0 Å². The molecule has 0 aliphatic rings. The van der Waals surface area contributed by atoms with Crippen molar-refractivity contribution in [3.05, 3.63) is 10.6 Å². The second kappa shape index (κ2) is 5.81. The molecule has 16 heavy (non-hydrogen) atoms. The number of esters is 1. The zero-order chi connectivity index (χ0) is 12.1. The molecular formula is C10H17N3O2S. The van der Waals surface area contributed by atoms with Crippen LogP contribution in [0.15, 0.2) is 0 Å². The van der Waals surface area contributed by atoms with Gasteiger partial charge in [0.2, 0.25) is 0 Å². The van der Waals surface area contributed by atoms with Crippen LogP contribution in [-0.4, -0.2) is 30.1 Å². The minimum Gasteiger partial charge on any atom is -0.462 e. The summed E-state index contributed by atoms with van der Waals surface area (Å²) in [6.45, 7) is 6.48. The largest absolute Gasteiger partial charge is 0.462 e. The summed E-state index contributed by atoms with van der Waals surface area (Å²) in [6.07, 6.45) is 0. The van der Waals surface area contributed by atoms with E-state index in [0.717, 1.165) is 0 Å². The molecule has 0 amide bonds. The van der Waals surface area contributed by atoms with Gasteiger partial charge in [0.15, 0.2) is 5.13 Å². The van der Waals surface area contributed by atoms with E-state index in [1.807, 2.05) is 6.92 Å². The predicted molar refractivity (Wildman–Crippen MR) is 64.9 cm³/mol. The number of carbonyl (C=O) groups is 1. The van der Waals surface area contributed by atoms with Crippen molar-refractivity contribution in [3.8, 4) is 0 Å². The monoisotopic (exact) mass is 243 g/mol. The van der Waals surface area contributed by atoms with E-state index in [1.54, 1.807) is 13.8 Å². The Morgan fingerprint density at radius 1 is 1.69 bits per heavy atom. The SMILES string of the molecule is CCOC(=O)c1sc(NCC(C)N)nc1C. The fraction of sp³-hybridized carbons (Fsp3) is 0.600. The lowest BCUT2D eigenvalue weighted by Crippen LogP contribution is -2.25. The molecule has 1 heterocycles. The Morgan fingerprint density at radius 3 is 2.94 bits per heavy atom. The van der Waals surface area contributed by atoms with Crippen LogP contribution in [0.1, 0.15) is 29.2 Å².